The first kappa shape index (κ1) is 14.4. The molecule has 1 rings (SSSR count). The largest absolute Gasteiger partial charge is 0.391 e. The third-order valence-corrected chi connectivity index (χ3v) is 2.70. The van der Waals surface area contributed by atoms with Crippen molar-refractivity contribution >= 4 is 5.82 Å². The van der Waals surface area contributed by atoms with Crippen molar-refractivity contribution in [1.82, 2.24) is 10.2 Å². The second-order valence-electron chi connectivity index (χ2n) is 4.07. The average Bonchev–Trinajstić information content (AvgIpc) is 2.34. The van der Waals surface area contributed by atoms with Gasteiger partial charge in [-0.25, -0.2) is 0 Å². The summed E-state index contributed by atoms with van der Waals surface area (Å²) >= 11 is 0. The molecule has 6 heteroatoms. The van der Waals surface area contributed by atoms with Crippen molar-refractivity contribution in [2.24, 2.45) is 0 Å². The Hall–Kier alpha value is -1.71. The molecule has 1 heterocycles. The number of aliphatic hydroxyl groups is 1. The standard InChI is InChI=1S/C12H18N4O2/c1-8-9(2)15-16-12(11(8)6-13)14-5-4-10(17)7-18-3/h10,17H,4-5,7H2,1-3H3,(H,14,16). The van der Waals surface area contributed by atoms with Gasteiger partial charge in [-0.15, -0.1) is 5.10 Å². The van der Waals surface area contributed by atoms with E-state index in [1.807, 2.05) is 13.8 Å². The van der Waals surface area contributed by atoms with Gasteiger partial charge in [0.25, 0.3) is 0 Å². The minimum Gasteiger partial charge on any atom is -0.391 e. The molecule has 0 saturated carbocycles. The number of aromatic nitrogens is 2. The van der Waals surface area contributed by atoms with Crippen molar-refractivity contribution in [2.75, 3.05) is 25.6 Å². The molecule has 1 unspecified atom stereocenters. The fraction of sp³-hybridized carbons (Fsp3) is 0.583. The molecule has 0 bridgehead atoms. The maximum absolute atomic E-state index is 9.49. The molecular weight excluding hydrogens is 232 g/mol. The van der Waals surface area contributed by atoms with Gasteiger partial charge in [0.05, 0.1) is 18.4 Å². The summed E-state index contributed by atoms with van der Waals surface area (Å²) in [6, 6.07) is 2.12. The zero-order valence-corrected chi connectivity index (χ0v) is 10.9. The first-order chi connectivity index (χ1) is 8.60. The van der Waals surface area contributed by atoms with Gasteiger partial charge < -0.3 is 15.2 Å². The van der Waals surface area contributed by atoms with Gasteiger partial charge in [0.1, 0.15) is 11.6 Å². The number of nitrogens with zero attached hydrogens (tertiary/aromatic N) is 3. The van der Waals surface area contributed by atoms with E-state index in [4.69, 9.17) is 10.00 Å². The molecule has 0 radical (unpaired) electrons. The maximum atomic E-state index is 9.49. The molecule has 0 aliphatic heterocycles. The molecule has 0 saturated heterocycles. The molecule has 0 aliphatic rings. The molecule has 1 aromatic heterocycles. The number of nitrogens with one attached hydrogen (secondary N) is 1. The fourth-order valence-electron chi connectivity index (χ4n) is 1.50. The molecule has 1 atom stereocenters. The summed E-state index contributed by atoms with van der Waals surface area (Å²) in [7, 11) is 1.54. The van der Waals surface area contributed by atoms with Crippen LogP contribution in [-0.4, -0.2) is 41.7 Å². The zero-order valence-electron chi connectivity index (χ0n) is 10.9. The summed E-state index contributed by atoms with van der Waals surface area (Å²) in [5, 5.41) is 29.5. The Balaban J connectivity index is 2.63. The second-order valence-corrected chi connectivity index (χ2v) is 4.07. The van der Waals surface area contributed by atoms with Crippen molar-refractivity contribution in [3.05, 3.63) is 16.8 Å². The minimum atomic E-state index is -0.521. The van der Waals surface area contributed by atoms with Crippen molar-refractivity contribution in [1.29, 1.82) is 5.26 Å². The van der Waals surface area contributed by atoms with Gasteiger partial charge in [-0.3, -0.25) is 0 Å². The summed E-state index contributed by atoms with van der Waals surface area (Å²) in [6.07, 6.45) is 0.000347. The predicted octanol–water partition coefficient (Wildman–Crippen LogP) is 0.774. The van der Waals surface area contributed by atoms with E-state index >= 15 is 0 Å². The van der Waals surface area contributed by atoms with Crippen molar-refractivity contribution in [2.45, 2.75) is 26.4 Å². The molecule has 0 amide bonds. The van der Waals surface area contributed by atoms with Gasteiger partial charge in [-0.1, -0.05) is 0 Å². The number of aliphatic hydroxyl groups excluding tert-OH is 1. The third-order valence-electron chi connectivity index (χ3n) is 2.70. The number of aryl methyl sites for hydroxylation is 1. The predicted molar refractivity (Wildman–Crippen MR) is 67.2 cm³/mol. The Morgan fingerprint density at radius 1 is 1.44 bits per heavy atom. The topological polar surface area (TPSA) is 91.1 Å². The highest BCUT2D eigenvalue weighted by Crippen LogP contribution is 2.16. The normalized spacial score (nSPS) is 11.9. The number of rotatable bonds is 6. The van der Waals surface area contributed by atoms with Crippen LogP contribution in [0.5, 0.6) is 0 Å². The van der Waals surface area contributed by atoms with Gasteiger partial charge in [0, 0.05) is 13.7 Å². The lowest BCUT2D eigenvalue weighted by Gasteiger charge is -2.12. The summed E-state index contributed by atoms with van der Waals surface area (Å²) in [6.45, 7) is 4.46. The molecule has 1 aromatic rings. The smallest absolute Gasteiger partial charge is 0.166 e. The van der Waals surface area contributed by atoms with Crippen LogP contribution in [0.2, 0.25) is 0 Å². The maximum Gasteiger partial charge on any atom is 0.166 e. The molecule has 2 N–H and O–H groups in total. The molecule has 0 aromatic carbocycles. The Kier molecular flexibility index (Phi) is 5.49. The van der Waals surface area contributed by atoms with Crippen LogP contribution < -0.4 is 5.32 Å². The van der Waals surface area contributed by atoms with Crippen LogP contribution in [-0.2, 0) is 4.74 Å². The minimum absolute atomic E-state index is 0.297. The van der Waals surface area contributed by atoms with E-state index in [0.717, 1.165) is 11.3 Å². The Morgan fingerprint density at radius 3 is 2.78 bits per heavy atom. The highest BCUT2D eigenvalue weighted by atomic mass is 16.5. The van der Waals surface area contributed by atoms with E-state index < -0.39 is 6.10 Å². The molecule has 0 spiro atoms. The molecule has 18 heavy (non-hydrogen) atoms. The molecule has 0 aliphatic carbocycles. The van der Waals surface area contributed by atoms with Gasteiger partial charge in [-0.2, -0.15) is 10.4 Å². The van der Waals surface area contributed by atoms with Crippen LogP contribution in [0.3, 0.4) is 0 Å². The number of hydrogen-bond donors (Lipinski definition) is 2. The van der Waals surface area contributed by atoms with Crippen LogP contribution >= 0.6 is 0 Å². The SMILES string of the molecule is COCC(O)CCNc1nnc(C)c(C)c1C#N. The van der Waals surface area contributed by atoms with E-state index in [1.165, 1.54) is 0 Å². The van der Waals surface area contributed by atoms with Crippen LogP contribution in [0.1, 0.15) is 23.2 Å². The Bertz CT molecular complexity index is 442. The first-order valence-electron chi connectivity index (χ1n) is 5.75. The van der Waals surface area contributed by atoms with E-state index in [1.54, 1.807) is 7.11 Å². The van der Waals surface area contributed by atoms with Crippen LogP contribution in [0.4, 0.5) is 5.82 Å². The van der Waals surface area contributed by atoms with Gasteiger partial charge in [-0.05, 0) is 25.8 Å². The van der Waals surface area contributed by atoms with Gasteiger partial charge in [0.2, 0.25) is 0 Å². The van der Waals surface area contributed by atoms with Crippen LogP contribution in [0.25, 0.3) is 0 Å². The molecule has 6 nitrogen and oxygen atoms in total. The van der Waals surface area contributed by atoms with Gasteiger partial charge in [0.15, 0.2) is 5.82 Å². The highest BCUT2D eigenvalue weighted by Gasteiger charge is 2.11. The van der Waals surface area contributed by atoms with Crippen LogP contribution in [0, 0.1) is 25.2 Å². The molecule has 98 valence electrons. The lowest BCUT2D eigenvalue weighted by atomic mass is 10.1. The Labute approximate surface area is 107 Å². The monoisotopic (exact) mass is 250 g/mol. The molecule has 0 fully saturated rings. The quantitative estimate of drug-likeness (QED) is 0.775. The van der Waals surface area contributed by atoms with Crippen molar-refractivity contribution < 1.29 is 9.84 Å². The average molecular weight is 250 g/mol. The summed E-state index contributed by atoms with van der Waals surface area (Å²) in [5.74, 6) is 0.463. The van der Waals surface area contributed by atoms with E-state index in [0.29, 0.717) is 31.0 Å². The lowest BCUT2D eigenvalue weighted by molar-refractivity contribution is 0.0615. The van der Waals surface area contributed by atoms with E-state index in [-0.39, 0.29) is 0 Å². The zero-order chi connectivity index (χ0) is 13.5. The number of nitriles is 1. The lowest BCUT2D eigenvalue weighted by Crippen LogP contribution is -2.19. The Morgan fingerprint density at radius 2 is 2.17 bits per heavy atom. The fourth-order valence-corrected chi connectivity index (χ4v) is 1.50. The second kappa shape index (κ2) is 6.89. The highest BCUT2D eigenvalue weighted by molar-refractivity contribution is 5.55. The first-order valence-corrected chi connectivity index (χ1v) is 5.75. The summed E-state index contributed by atoms with van der Waals surface area (Å²) < 4.78 is 4.83. The van der Waals surface area contributed by atoms with Crippen LogP contribution in [0.15, 0.2) is 0 Å². The van der Waals surface area contributed by atoms with Gasteiger partial charge >= 0.3 is 0 Å². The van der Waals surface area contributed by atoms with Crippen molar-refractivity contribution in [3.8, 4) is 6.07 Å². The number of methoxy groups -OCH3 is 1. The molecular formula is C12H18N4O2. The number of ether oxygens (including phenoxy) is 1. The van der Waals surface area contributed by atoms with Crippen molar-refractivity contribution in [3.63, 3.8) is 0 Å². The summed E-state index contributed by atoms with van der Waals surface area (Å²) in [4.78, 5) is 0. The number of anilines is 1. The summed E-state index contributed by atoms with van der Waals surface area (Å²) in [5.41, 5.74) is 2.08. The number of hydrogen-bond acceptors (Lipinski definition) is 6. The third kappa shape index (κ3) is 3.65. The van der Waals surface area contributed by atoms with E-state index in [9.17, 15) is 5.11 Å². The van der Waals surface area contributed by atoms with E-state index in [2.05, 4.69) is 21.6 Å².